The van der Waals surface area contributed by atoms with Crippen LogP contribution in [0, 0.1) is 0 Å². The van der Waals surface area contributed by atoms with E-state index in [0.29, 0.717) is 29.3 Å². The largest absolute Gasteiger partial charge is 0.494 e. The number of unbranched alkanes of at least 4 members (excludes halogenated alkanes) is 1. The van der Waals surface area contributed by atoms with Crippen LogP contribution in [-0.2, 0) is 16.4 Å². The summed E-state index contributed by atoms with van der Waals surface area (Å²) in [6.07, 6.45) is 5.20. The number of carbonyl (C=O) groups is 1. The van der Waals surface area contributed by atoms with E-state index in [1.807, 2.05) is 16.9 Å². The van der Waals surface area contributed by atoms with Crippen molar-refractivity contribution in [1.82, 2.24) is 4.57 Å². The highest BCUT2D eigenvalue weighted by Gasteiger charge is 2.13. The molecule has 2 aromatic carbocycles. The Labute approximate surface area is 190 Å². The minimum Gasteiger partial charge on any atom is -0.494 e. The summed E-state index contributed by atoms with van der Waals surface area (Å²) in [5.74, 6) is 1.15. The predicted molar refractivity (Wildman–Crippen MR) is 128 cm³/mol. The smallest absolute Gasteiger partial charge is 0.279 e. The third-order valence-electron chi connectivity index (χ3n) is 4.65. The van der Waals surface area contributed by atoms with Gasteiger partial charge in [-0.1, -0.05) is 30.7 Å². The highest BCUT2D eigenvalue weighted by molar-refractivity contribution is 7.98. The highest BCUT2D eigenvalue weighted by atomic mass is 32.2. The summed E-state index contributed by atoms with van der Waals surface area (Å²) in [5.41, 5.74) is 1.33. The molecule has 1 heterocycles. The Kier molecular flexibility index (Phi) is 7.96. The third-order valence-corrected chi connectivity index (χ3v) is 7.39. The number of sulfone groups is 1. The molecule has 0 saturated heterocycles. The zero-order chi connectivity index (χ0) is 22.4. The maximum atomic E-state index is 12.9. The summed E-state index contributed by atoms with van der Waals surface area (Å²) in [5, 5.41) is 0. The molecule has 0 radical (unpaired) electrons. The maximum Gasteiger partial charge on any atom is 0.279 e. The second-order valence-corrected chi connectivity index (χ2v) is 11.1. The van der Waals surface area contributed by atoms with Crippen molar-refractivity contribution in [3.05, 3.63) is 52.8 Å². The van der Waals surface area contributed by atoms with Crippen LogP contribution in [0.2, 0.25) is 0 Å². The molecule has 0 fully saturated rings. The fourth-order valence-corrected chi connectivity index (χ4v) is 5.15. The van der Waals surface area contributed by atoms with Crippen molar-refractivity contribution in [1.29, 1.82) is 0 Å². The number of benzene rings is 2. The monoisotopic (exact) mass is 478 g/mol. The van der Waals surface area contributed by atoms with E-state index >= 15 is 0 Å². The Morgan fingerprint density at radius 1 is 1.23 bits per heavy atom. The molecular formula is C22H26N2O4S3. The Bertz CT molecular complexity index is 1240. The molecule has 1 aromatic heterocycles. The van der Waals surface area contributed by atoms with Crippen molar-refractivity contribution in [2.45, 2.75) is 31.2 Å². The molecule has 0 bridgehead atoms. The Balaban J connectivity index is 2.01. The fraction of sp³-hybridized carbons (Fsp3) is 0.364. The summed E-state index contributed by atoms with van der Waals surface area (Å²) in [4.78, 5) is 18.1. The molecule has 31 heavy (non-hydrogen) atoms. The minimum absolute atomic E-state index is 0.257. The van der Waals surface area contributed by atoms with Crippen molar-refractivity contribution in [2.75, 3.05) is 24.9 Å². The van der Waals surface area contributed by atoms with Gasteiger partial charge in [0, 0.05) is 24.1 Å². The topological polar surface area (TPSA) is 77.7 Å². The van der Waals surface area contributed by atoms with Crippen LogP contribution in [-0.4, -0.2) is 43.8 Å². The number of aryl methyl sites for hydroxylation is 1. The lowest BCUT2D eigenvalue weighted by molar-refractivity contribution is 0.0997. The molecule has 166 valence electrons. The number of amides is 1. The molecule has 0 spiro atoms. The van der Waals surface area contributed by atoms with Gasteiger partial charge in [0.05, 0.1) is 21.7 Å². The van der Waals surface area contributed by atoms with Crippen LogP contribution in [0.1, 0.15) is 30.1 Å². The van der Waals surface area contributed by atoms with Gasteiger partial charge in [-0.05, 0) is 49.1 Å². The molecule has 0 aliphatic heterocycles. The average Bonchev–Trinajstić information content (AvgIpc) is 3.08. The van der Waals surface area contributed by atoms with Gasteiger partial charge in [0.1, 0.15) is 5.75 Å². The first kappa shape index (κ1) is 23.6. The number of fused-ring (bicyclic) bond motifs is 1. The Morgan fingerprint density at radius 2 is 2.03 bits per heavy atom. The molecule has 0 aliphatic rings. The third kappa shape index (κ3) is 5.99. The van der Waals surface area contributed by atoms with E-state index < -0.39 is 9.84 Å². The van der Waals surface area contributed by atoms with Crippen molar-refractivity contribution in [2.24, 2.45) is 4.99 Å². The van der Waals surface area contributed by atoms with Crippen molar-refractivity contribution in [3.8, 4) is 5.75 Å². The quantitative estimate of drug-likeness (QED) is 0.426. The molecule has 3 rings (SSSR count). The second kappa shape index (κ2) is 10.5. The van der Waals surface area contributed by atoms with Gasteiger partial charge in [0.2, 0.25) is 0 Å². The van der Waals surface area contributed by atoms with Crippen molar-refractivity contribution in [3.63, 3.8) is 0 Å². The van der Waals surface area contributed by atoms with Crippen molar-refractivity contribution < 1.29 is 17.9 Å². The van der Waals surface area contributed by atoms with Gasteiger partial charge in [0.25, 0.3) is 5.91 Å². The predicted octanol–water partition coefficient (Wildman–Crippen LogP) is 4.39. The lowest BCUT2D eigenvalue weighted by Crippen LogP contribution is -2.18. The minimum atomic E-state index is -3.31. The average molecular weight is 479 g/mol. The van der Waals surface area contributed by atoms with Crippen LogP contribution in [0.5, 0.6) is 5.75 Å². The Hall–Kier alpha value is -2.10. The van der Waals surface area contributed by atoms with Crippen LogP contribution in [0.4, 0.5) is 0 Å². The van der Waals surface area contributed by atoms with Gasteiger partial charge < -0.3 is 9.30 Å². The van der Waals surface area contributed by atoms with E-state index in [0.717, 1.165) is 28.8 Å². The summed E-state index contributed by atoms with van der Waals surface area (Å²) in [6, 6.07) is 12.1. The lowest BCUT2D eigenvalue weighted by Gasteiger charge is -2.06. The molecule has 0 aliphatic carbocycles. The standard InChI is InChI=1S/C22H26N2O4S3/c1-4-5-12-28-17-8-6-7-16(14-17)21(25)23-22-24(11-13-29-2)19-10-9-18(31(3,26)27)15-20(19)30-22/h6-10,14-15H,4-5,11-13H2,1-3H3. The molecular weight excluding hydrogens is 452 g/mol. The number of carbonyl (C=O) groups excluding carboxylic acids is 1. The van der Waals surface area contributed by atoms with Crippen molar-refractivity contribution >= 4 is 49.1 Å². The first-order valence-electron chi connectivity index (χ1n) is 9.97. The molecule has 0 atom stereocenters. The molecule has 0 unspecified atom stereocenters. The molecule has 0 saturated carbocycles. The zero-order valence-corrected chi connectivity index (χ0v) is 20.3. The summed E-state index contributed by atoms with van der Waals surface area (Å²) < 4.78 is 32.3. The zero-order valence-electron chi connectivity index (χ0n) is 17.8. The van der Waals surface area contributed by atoms with E-state index in [1.165, 1.54) is 17.6 Å². The Morgan fingerprint density at radius 3 is 2.74 bits per heavy atom. The molecule has 0 N–H and O–H groups in total. The van der Waals surface area contributed by atoms with E-state index in [-0.39, 0.29) is 10.8 Å². The molecule has 6 nitrogen and oxygen atoms in total. The van der Waals surface area contributed by atoms with Crippen LogP contribution >= 0.6 is 23.1 Å². The fourth-order valence-electron chi connectivity index (χ4n) is 2.97. The van der Waals surface area contributed by atoms with Gasteiger partial charge in [-0.25, -0.2) is 8.42 Å². The number of thioether (sulfide) groups is 1. The molecule has 3 aromatic rings. The number of thiazole rings is 1. The number of nitrogens with zero attached hydrogens (tertiary/aromatic N) is 2. The first-order valence-corrected chi connectivity index (χ1v) is 14.1. The number of hydrogen-bond donors (Lipinski definition) is 0. The normalized spacial score (nSPS) is 12.4. The number of hydrogen-bond acceptors (Lipinski definition) is 6. The van der Waals surface area contributed by atoms with Gasteiger partial charge >= 0.3 is 0 Å². The summed E-state index contributed by atoms with van der Waals surface area (Å²) in [6.45, 7) is 3.38. The van der Waals surface area contributed by atoms with Crippen LogP contribution < -0.4 is 9.54 Å². The number of rotatable bonds is 9. The van der Waals surface area contributed by atoms with Gasteiger partial charge in [-0.2, -0.15) is 16.8 Å². The summed E-state index contributed by atoms with van der Waals surface area (Å²) in [7, 11) is -3.31. The SMILES string of the molecule is CCCCOc1cccc(C(=O)N=c2sc3cc(S(C)(=O)=O)ccc3n2CCSC)c1. The second-order valence-electron chi connectivity index (χ2n) is 7.08. The van der Waals surface area contributed by atoms with Gasteiger partial charge in [-0.15, -0.1) is 0 Å². The number of aromatic nitrogens is 1. The molecule has 9 heteroatoms. The van der Waals surface area contributed by atoms with Gasteiger partial charge in [-0.3, -0.25) is 4.79 Å². The lowest BCUT2D eigenvalue weighted by atomic mass is 10.2. The maximum absolute atomic E-state index is 12.9. The van der Waals surface area contributed by atoms with Crippen LogP contribution in [0.15, 0.2) is 52.4 Å². The summed E-state index contributed by atoms with van der Waals surface area (Å²) >= 11 is 3.02. The van der Waals surface area contributed by atoms with E-state index in [4.69, 9.17) is 4.74 Å². The van der Waals surface area contributed by atoms with E-state index in [9.17, 15) is 13.2 Å². The van der Waals surface area contributed by atoms with Gasteiger partial charge in [0.15, 0.2) is 14.6 Å². The number of ether oxygens (including phenoxy) is 1. The van der Waals surface area contributed by atoms with Crippen LogP contribution in [0.25, 0.3) is 10.2 Å². The highest BCUT2D eigenvalue weighted by Crippen LogP contribution is 2.22. The molecule has 1 amide bonds. The van der Waals surface area contributed by atoms with E-state index in [2.05, 4.69) is 11.9 Å². The van der Waals surface area contributed by atoms with Crippen LogP contribution in [0.3, 0.4) is 0 Å². The first-order chi connectivity index (χ1) is 14.8. The van der Waals surface area contributed by atoms with E-state index in [1.54, 1.807) is 48.2 Å².